The Morgan fingerprint density at radius 3 is 2.04 bits per heavy atom. The minimum atomic E-state index is -0.575. The van der Waals surface area contributed by atoms with E-state index < -0.39 is 17.7 Å². The number of hydrogen-bond acceptors (Lipinski definition) is 4. The first-order valence-corrected chi connectivity index (χ1v) is 9.57. The van der Waals surface area contributed by atoms with E-state index in [1.165, 1.54) is 0 Å². The lowest BCUT2D eigenvalue weighted by Gasteiger charge is -2.32. The third kappa shape index (κ3) is 10.2. The highest BCUT2D eigenvalue weighted by molar-refractivity contribution is 5.68. The van der Waals surface area contributed by atoms with Gasteiger partial charge < -0.3 is 19.9 Å². The van der Waals surface area contributed by atoms with E-state index in [0.29, 0.717) is 6.42 Å². The molecular weight excluding hydrogens is 342 g/mol. The number of hydrogen-bond donors (Lipinski definition) is 2. The maximum Gasteiger partial charge on any atom is 0.407 e. The lowest BCUT2D eigenvalue weighted by atomic mass is 9.84. The normalized spacial score (nSPS) is 13.8. The van der Waals surface area contributed by atoms with E-state index in [9.17, 15) is 9.90 Å². The van der Waals surface area contributed by atoms with Crippen LogP contribution in [0.3, 0.4) is 0 Å². The molecule has 0 unspecified atom stereocenters. The number of alkyl carbamates (subject to hydrolysis) is 1. The number of aliphatic hydroxyl groups excluding tert-OH is 1. The molecule has 0 aliphatic rings. The molecule has 0 spiro atoms. The van der Waals surface area contributed by atoms with Gasteiger partial charge in [-0.05, 0) is 70.6 Å². The number of rotatable bonds is 7. The van der Waals surface area contributed by atoms with Crippen molar-refractivity contribution in [2.24, 2.45) is 5.41 Å². The molecular formula is C22H37NO4. The van der Waals surface area contributed by atoms with E-state index in [1.807, 2.05) is 58.9 Å². The van der Waals surface area contributed by atoms with Gasteiger partial charge in [-0.3, -0.25) is 0 Å². The quantitative estimate of drug-likeness (QED) is 0.720. The fraction of sp³-hybridized carbons (Fsp3) is 0.682. The van der Waals surface area contributed by atoms with Crippen LogP contribution in [0.25, 0.3) is 0 Å². The molecule has 0 saturated carbocycles. The lowest BCUT2D eigenvalue weighted by molar-refractivity contribution is 0.00746. The van der Waals surface area contributed by atoms with Crippen LogP contribution < -0.4 is 10.1 Å². The van der Waals surface area contributed by atoms with Crippen molar-refractivity contribution in [3.63, 3.8) is 0 Å². The monoisotopic (exact) mass is 379 g/mol. The van der Waals surface area contributed by atoms with Gasteiger partial charge in [0.25, 0.3) is 0 Å². The lowest BCUT2D eigenvalue weighted by Crippen LogP contribution is -2.43. The highest BCUT2D eigenvalue weighted by Gasteiger charge is 2.29. The van der Waals surface area contributed by atoms with Crippen molar-refractivity contribution in [3.8, 4) is 5.75 Å². The van der Waals surface area contributed by atoms with Crippen LogP contribution >= 0.6 is 0 Å². The highest BCUT2D eigenvalue weighted by Crippen LogP contribution is 2.29. The summed E-state index contributed by atoms with van der Waals surface area (Å²) in [6, 6.07) is 7.29. The smallest absolute Gasteiger partial charge is 0.407 e. The highest BCUT2D eigenvalue weighted by atomic mass is 16.6. The zero-order chi connectivity index (χ0) is 20.9. The number of amides is 1. The maximum atomic E-state index is 12.3. The molecule has 0 radical (unpaired) electrons. The van der Waals surface area contributed by atoms with Gasteiger partial charge in [0.2, 0.25) is 0 Å². The Kier molecular flexibility index (Phi) is 7.73. The first-order chi connectivity index (χ1) is 12.2. The molecule has 5 nitrogen and oxygen atoms in total. The molecule has 5 heteroatoms. The second kappa shape index (κ2) is 8.96. The number of aliphatic hydroxyl groups is 1. The predicted molar refractivity (Wildman–Crippen MR) is 109 cm³/mol. The first-order valence-electron chi connectivity index (χ1n) is 9.57. The van der Waals surface area contributed by atoms with Crippen LogP contribution in [-0.2, 0) is 11.2 Å². The molecule has 0 fully saturated rings. The third-order valence-electron chi connectivity index (χ3n) is 3.70. The van der Waals surface area contributed by atoms with Crippen molar-refractivity contribution in [2.75, 3.05) is 6.61 Å². The van der Waals surface area contributed by atoms with Gasteiger partial charge >= 0.3 is 6.09 Å². The number of carbonyl (C=O) groups is 1. The summed E-state index contributed by atoms with van der Waals surface area (Å²) in [4.78, 5) is 12.3. The second-order valence-corrected chi connectivity index (χ2v) is 9.97. The van der Waals surface area contributed by atoms with Crippen molar-refractivity contribution < 1.29 is 19.4 Å². The Morgan fingerprint density at radius 2 is 1.59 bits per heavy atom. The zero-order valence-electron chi connectivity index (χ0n) is 18.2. The van der Waals surface area contributed by atoms with Gasteiger partial charge in [-0.25, -0.2) is 4.79 Å². The average Bonchev–Trinajstić information content (AvgIpc) is 2.43. The van der Waals surface area contributed by atoms with Crippen LogP contribution in [0, 0.1) is 5.41 Å². The Bertz CT molecular complexity index is 594. The summed E-state index contributed by atoms with van der Waals surface area (Å²) in [5.74, 6) is 0.795. The summed E-state index contributed by atoms with van der Waals surface area (Å²) in [6.45, 7) is 16.0. The SMILES string of the molecule is CC(C)(C)CC(C)(C)OC(=O)N[C@H](CO)Cc1ccc(OC(C)(C)C)cc1. The topological polar surface area (TPSA) is 67.8 Å². The fourth-order valence-electron chi connectivity index (χ4n) is 3.25. The molecule has 1 rings (SSSR count). The maximum absolute atomic E-state index is 12.3. The number of benzene rings is 1. The molecule has 1 atom stereocenters. The summed E-state index contributed by atoms with van der Waals surface area (Å²) < 4.78 is 11.4. The summed E-state index contributed by atoms with van der Waals surface area (Å²) in [6.07, 6.45) is 0.754. The molecule has 1 aromatic rings. The molecule has 0 heterocycles. The molecule has 0 saturated heterocycles. The Labute approximate surface area is 164 Å². The molecule has 0 aliphatic carbocycles. The van der Waals surface area contributed by atoms with Crippen LogP contribution in [0.15, 0.2) is 24.3 Å². The summed E-state index contributed by atoms with van der Waals surface area (Å²) in [5.41, 5.74) is 0.232. The zero-order valence-corrected chi connectivity index (χ0v) is 18.2. The van der Waals surface area contributed by atoms with Gasteiger partial charge in [0.1, 0.15) is 17.0 Å². The standard InChI is InChI=1S/C22H37NO4/c1-20(2,3)15-22(7,8)27-19(25)23-17(14-24)13-16-9-11-18(12-10-16)26-21(4,5)6/h9-12,17,24H,13-15H2,1-8H3,(H,23,25)/t17-/m0/s1. The van der Waals surface area contributed by atoms with Gasteiger partial charge in [0.05, 0.1) is 12.6 Å². The second-order valence-electron chi connectivity index (χ2n) is 9.97. The van der Waals surface area contributed by atoms with Crippen molar-refractivity contribution in [3.05, 3.63) is 29.8 Å². The first kappa shape index (κ1) is 23.3. The van der Waals surface area contributed by atoms with Crippen molar-refractivity contribution in [2.45, 2.75) is 85.5 Å². The molecule has 154 valence electrons. The summed E-state index contributed by atoms with van der Waals surface area (Å²) in [5, 5.41) is 12.4. The van der Waals surface area contributed by atoms with Gasteiger partial charge in [-0.15, -0.1) is 0 Å². The number of carbonyl (C=O) groups excluding carboxylic acids is 1. The van der Waals surface area contributed by atoms with Crippen LogP contribution in [0.5, 0.6) is 5.75 Å². The van der Waals surface area contributed by atoms with E-state index in [2.05, 4.69) is 26.1 Å². The van der Waals surface area contributed by atoms with E-state index >= 15 is 0 Å². The molecule has 0 aromatic heterocycles. The molecule has 1 amide bonds. The Hall–Kier alpha value is -1.75. The van der Waals surface area contributed by atoms with Crippen molar-refractivity contribution in [1.29, 1.82) is 0 Å². The number of ether oxygens (including phenoxy) is 2. The van der Waals surface area contributed by atoms with Crippen LogP contribution in [-0.4, -0.2) is 35.1 Å². The summed E-state index contributed by atoms with van der Waals surface area (Å²) >= 11 is 0. The van der Waals surface area contributed by atoms with E-state index in [-0.39, 0.29) is 17.6 Å². The van der Waals surface area contributed by atoms with Gasteiger partial charge in [-0.1, -0.05) is 32.9 Å². The predicted octanol–water partition coefficient (Wildman–Crippen LogP) is 4.71. The van der Waals surface area contributed by atoms with Gasteiger partial charge in [-0.2, -0.15) is 0 Å². The van der Waals surface area contributed by atoms with Crippen LogP contribution in [0.2, 0.25) is 0 Å². The van der Waals surface area contributed by atoms with Crippen LogP contribution in [0.1, 0.15) is 67.4 Å². The molecule has 27 heavy (non-hydrogen) atoms. The van der Waals surface area contributed by atoms with Gasteiger partial charge in [0, 0.05) is 0 Å². The largest absolute Gasteiger partial charge is 0.488 e. The van der Waals surface area contributed by atoms with E-state index in [1.54, 1.807) is 0 Å². The molecule has 1 aromatic carbocycles. The van der Waals surface area contributed by atoms with Crippen molar-refractivity contribution >= 4 is 6.09 Å². The Morgan fingerprint density at radius 1 is 1.04 bits per heavy atom. The minimum absolute atomic E-state index is 0.0526. The van der Waals surface area contributed by atoms with Crippen molar-refractivity contribution in [1.82, 2.24) is 5.32 Å². The molecule has 2 N–H and O–H groups in total. The van der Waals surface area contributed by atoms with E-state index in [0.717, 1.165) is 17.7 Å². The van der Waals surface area contributed by atoms with Gasteiger partial charge in [0.15, 0.2) is 0 Å². The van der Waals surface area contributed by atoms with Crippen LogP contribution in [0.4, 0.5) is 4.79 Å². The minimum Gasteiger partial charge on any atom is -0.488 e. The molecule has 0 bridgehead atoms. The third-order valence-corrected chi connectivity index (χ3v) is 3.70. The Balaban J connectivity index is 2.62. The fourth-order valence-corrected chi connectivity index (χ4v) is 3.25. The van der Waals surface area contributed by atoms with E-state index in [4.69, 9.17) is 9.47 Å². The molecule has 0 aliphatic heterocycles. The average molecular weight is 380 g/mol. The summed E-state index contributed by atoms with van der Waals surface area (Å²) in [7, 11) is 0. The number of nitrogens with one attached hydrogen (secondary N) is 1.